The number of pyridine rings is 1. The number of nitrogens with zero attached hydrogens (tertiary/aromatic N) is 4. The van der Waals surface area contributed by atoms with Crippen LogP contribution in [0.5, 0.6) is 0 Å². The van der Waals surface area contributed by atoms with E-state index >= 15 is 0 Å². The first kappa shape index (κ1) is 13.4. The molecule has 0 bridgehead atoms. The molecule has 6 nitrogen and oxygen atoms in total. The second kappa shape index (κ2) is 5.78. The van der Waals surface area contributed by atoms with E-state index in [0.29, 0.717) is 18.0 Å². The first-order valence-corrected chi connectivity index (χ1v) is 6.90. The molecule has 1 atom stereocenters. The van der Waals surface area contributed by atoms with Crippen LogP contribution in [0.25, 0.3) is 5.52 Å². The van der Waals surface area contributed by atoms with Crippen molar-refractivity contribution < 1.29 is 4.79 Å². The highest BCUT2D eigenvalue weighted by Crippen LogP contribution is 2.07. The lowest BCUT2D eigenvalue weighted by atomic mass is 10.1. The summed E-state index contributed by atoms with van der Waals surface area (Å²) < 4.78 is 3.74. The predicted octanol–water partition coefficient (Wildman–Crippen LogP) is 1.60. The van der Waals surface area contributed by atoms with Gasteiger partial charge in [-0.15, -0.1) is 0 Å². The lowest BCUT2D eigenvalue weighted by Crippen LogP contribution is -2.30. The van der Waals surface area contributed by atoms with E-state index in [1.165, 1.54) is 0 Å². The van der Waals surface area contributed by atoms with Crippen molar-refractivity contribution in [3.63, 3.8) is 0 Å². The smallest absolute Gasteiger partial charge is 0.251 e. The van der Waals surface area contributed by atoms with Crippen LogP contribution in [-0.2, 0) is 6.54 Å². The van der Waals surface area contributed by atoms with Gasteiger partial charge in [-0.2, -0.15) is 5.10 Å². The topological polar surface area (TPSA) is 64.2 Å². The second-order valence-electron chi connectivity index (χ2n) is 5.18. The quantitative estimate of drug-likeness (QED) is 0.773. The van der Waals surface area contributed by atoms with E-state index in [2.05, 4.69) is 22.3 Å². The van der Waals surface area contributed by atoms with Crippen molar-refractivity contribution in [3.8, 4) is 0 Å². The predicted molar refractivity (Wildman–Crippen MR) is 78.9 cm³/mol. The molecule has 0 aliphatic carbocycles. The van der Waals surface area contributed by atoms with Crippen LogP contribution >= 0.6 is 0 Å². The highest BCUT2D eigenvalue weighted by Gasteiger charge is 2.09. The summed E-state index contributed by atoms with van der Waals surface area (Å²) in [7, 11) is 0. The van der Waals surface area contributed by atoms with Gasteiger partial charge in [-0.25, -0.2) is 4.98 Å². The molecule has 3 aromatic heterocycles. The van der Waals surface area contributed by atoms with Gasteiger partial charge in [0.05, 0.1) is 18.0 Å². The van der Waals surface area contributed by atoms with Gasteiger partial charge in [0.15, 0.2) is 0 Å². The van der Waals surface area contributed by atoms with Crippen LogP contribution in [0.3, 0.4) is 0 Å². The number of fused-ring (bicyclic) bond motifs is 1. The van der Waals surface area contributed by atoms with Crippen LogP contribution in [0.2, 0.25) is 0 Å². The Labute approximate surface area is 122 Å². The first-order chi connectivity index (χ1) is 10.2. The van der Waals surface area contributed by atoms with Crippen LogP contribution in [0.15, 0.2) is 49.3 Å². The molecule has 3 aromatic rings. The summed E-state index contributed by atoms with van der Waals surface area (Å²) in [5, 5.41) is 7.12. The molecular formula is C15H17N5O. The molecule has 6 heteroatoms. The molecule has 1 N–H and O–H groups in total. The average Bonchev–Trinajstić information content (AvgIpc) is 3.14. The number of carbonyl (C=O) groups is 1. The Kier molecular flexibility index (Phi) is 3.68. The van der Waals surface area contributed by atoms with Crippen LogP contribution < -0.4 is 5.32 Å². The van der Waals surface area contributed by atoms with Crippen molar-refractivity contribution >= 4 is 11.4 Å². The zero-order valence-corrected chi connectivity index (χ0v) is 11.8. The van der Waals surface area contributed by atoms with E-state index in [4.69, 9.17) is 0 Å². The summed E-state index contributed by atoms with van der Waals surface area (Å²) in [6, 6.07) is 5.52. The molecule has 3 heterocycles. The van der Waals surface area contributed by atoms with Gasteiger partial charge in [-0.1, -0.05) is 6.92 Å². The van der Waals surface area contributed by atoms with E-state index in [1.54, 1.807) is 24.8 Å². The van der Waals surface area contributed by atoms with Gasteiger partial charge in [0.25, 0.3) is 5.91 Å². The lowest BCUT2D eigenvalue weighted by molar-refractivity contribution is 0.0946. The molecule has 21 heavy (non-hydrogen) atoms. The van der Waals surface area contributed by atoms with Crippen molar-refractivity contribution in [1.82, 2.24) is 24.5 Å². The molecule has 0 aliphatic rings. The molecule has 0 radical (unpaired) electrons. The fourth-order valence-electron chi connectivity index (χ4n) is 2.22. The van der Waals surface area contributed by atoms with Gasteiger partial charge in [-0.05, 0) is 24.1 Å². The molecule has 108 valence electrons. The summed E-state index contributed by atoms with van der Waals surface area (Å²) >= 11 is 0. The first-order valence-electron chi connectivity index (χ1n) is 6.90. The highest BCUT2D eigenvalue weighted by molar-refractivity contribution is 5.95. The lowest BCUT2D eigenvalue weighted by Gasteiger charge is -2.13. The Bertz CT molecular complexity index is 731. The van der Waals surface area contributed by atoms with Gasteiger partial charge in [0.2, 0.25) is 0 Å². The summed E-state index contributed by atoms with van der Waals surface area (Å²) in [4.78, 5) is 16.2. The number of hydrogen-bond donors (Lipinski definition) is 1. The monoisotopic (exact) mass is 283 g/mol. The van der Waals surface area contributed by atoms with E-state index in [9.17, 15) is 4.79 Å². The average molecular weight is 283 g/mol. The van der Waals surface area contributed by atoms with Gasteiger partial charge < -0.3 is 9.72 Å². The minimum absolute atomic E-state index is 0.0639. The molecule has 0 fully saturated rings. The molecular weight excluding hydrogens is 266 g/mol. The Morgan fingerprint density at radius 3 is 3.14 bits per heavy atom. The second-order valence-corrected chi connectivity index (χ2v) is 5.18. The summed E-state index contributed by atoms with van der Waals surface area (Å²) in [6.45, 7) is 3.49. The highest BCUT2D eigenvalue weighted by atomic mass is 16.1. The third-order valence-electron chi connectivity index (χ3n) is 3.35. The summed E-state index contributed by atoms with van der Waals surface area (Å²) in [5.41, 5.74) is 1.56. The van der Waals surface area contributed by atoms with Gasteiger partial charge in [0, 0.05) is 37.2 Å². The summed E-state index contributed by atoms with van der Waals surface area (Å²) in [5.74, 6) is 0.249. The van der Waals surface area contributed by atoms with Crippen molar-refractivity contribution in [2.24, 2.45) is 5.92 Å². The molecule has 0 aliphatic heterocycles. The number of nitrogens with one attached hydrogen (secondary N) is 1. The normalized spacial score (nSPS) is 12.4. The number of hydrogen-bond acceptors (Lipinski definition) is 3. The molecule has 1 unspecified atom stereocenters. The van der Waals surface area contributed by atoms with Crippen molar-refractivity contribution in [2.75, 3.05) is 6.54 Å². The van der Waals surface area contributed by atoms with Crippen LogP contribution in [-0.4, -0.2) is 31.6 Å². The van der Waals surface area contributed by atoms with Crippen molar-refractivity contribution in [2.45, 2.75) is 13.5 Å². The van der Waals surface area contributed by atoms with Gasteiger partial charge >= 0.3 is 0 Å². The minimum atomic E-state index is -0.0639. The number of amides is 1. The standard InChI is InChI=1S/C15H17N5O/c1-12(10-20-5-2-4-18-20)8-17-15(21)13-3-6-19-11-16-9-14(19)7-13/h2-7,9,11-12H,8,10H2,1H3,(H,17,21). The fraction of sp³-hybridized carbons (Fsp3) is 0.267. The van der Waals surface area contributed by atoms with Crippen molar-refractivity contribution in [1.29, 1.82) is 0 Å². The Hall–Kier alpha value is -2.63. The molecule has 0 aromatic carbocycles. The van der Waals surface area contributed by atoms with Crippen LogP contribution in [0.1, 0.15) is 17.3 Å². The zero-order chi connectivity index (χ0) is 14.7. The van der Waals surface area contributed by atoms with Gasteiger partial charge in [-0.3, -0.25) is 9.48 Å². The van der Waals surface area contributed by atoms with E-state index in [-0.39, 0.29) is 5.91 Å². The molecule has 0 spiro atoms. The Morgan fingerprint density at radius 2 is 2.33 bits per heavy atom. The molecule has 0 saturated heterocycles. The maximum Gasteiger partial charge on any atom is 0.251 e. The van der Waals surface area contributed by atoms with E-state index in [1.807, 2.05) is 33.6 Å². The molecule has 1 amide bonds. The number of aromatic nitrogens is 4. The molecule has 3 rings (SSSR count). The zero-order valence-electron chi connectivity index (χ0n) is 11.8. The third-order valence-corrected chi connectivity index (χ3v) is 3.35. The fourth-order valence-corrected chi connectivity index (χ4v) is 2.22. The molecule has 0 saturated carbocycles. The van der Waals surface area contributed by atoms with Crippen LogP contribution in [0.4, 0.5) is 0 Å². The number of imidazole rings is 1. The SMILES string of the molecule is CC(CNC(=O)c1ccn2cncc2c1)Cn1cccn1. The van der Waals surface area contributed by atoms with E-state index < -0.39 is 0 Å². The van der Waals surface area contributed by atoms with Crippen molar-refractivity contribution in [3.05, 3.63) is 54.9 Å². The number of rotatable bonds is 5. The van der Waals surface area contributed by atoms with E-state index in [0.717, 1.165) is 12.1 Å². The minimum Gasteiger partial charge on any atom is -0.352 e. The summed E-state index contributed by atoms with van der Waals surface area (Å²) in [6.07, 6.45) is 8.96. The third kappa shape index (κ3) is 3.10. The maximum atomic E-state index is 12.2. The van der Waals surface area contributed by atoms with Crippen LogP contribution in [0, 0.1) is 5.92 Å². The van der Waals surface area contributed by atoms with Gasteiger partial charge in [0.1, 0.15) is 0 Å². The largest absolute Gasteiger partial charge is 0.352 e. The maximum absolute atomic E-state index is 12.2. The number of carbonyl (C=O) groups excluding carboxylic acids is 1. The Balaban J connectivity index is 1.58. The Morgan fingerprint density at radius 1 is 1.43 bits per heavy atom.